The normalized spacial score (nSPS) is 11.7. The number of aliphatic carboxylic acids is 1. The molecule has 2 rings (SSSR count). The highest BCUT2D eigenvalue weighted by molar-refractivity contribution is 7.07. The van der Waals surface area contributed by atoms with Crippen molar-refractivity contribution in [1.82, 2.24) is 5.32 Å². The summed E-state index contributed by atoms with van der Waals surface area (Å²) in [5.74, 6) is -0.557. The van der Waals surface area contributed by atoms with E-state index in [4.69, 9.17) is 9.84 Å². The van der Waals surface area contributed by atoms with E-state index in [0.717, 1.165) is 11.1 Å². The van der Waals surface area contributed by atoms with Crippen molar-refractivity contribution in [2.24, 2.45) is 0 Å². The molecule has 1 amide bonds. The number of carboxylic acids is 1. The van der Waals surface area contributed by atoms with E-state index < -0.39 is 5.97 Å². The van der Waals surface area contributed by atoms with Gasteiger partial charge in [-0.25, -0.2) is 4.79 Å². The standard InChI is InChI=1S/C16H17NO4S/c1-11(17-15(18)8-12-6-7-22-10-12)13-2-4-14(5-3-13)21-9-16(19)20/h2-7,10-11H,8-9H2,1H3,(H,17,18)(H,19,20)/t11-/m0/s1. The molecule has 2 N–H and O–H groups in total. The number of thiophene rings is 1. The molecule has 1 aromatic heterocycles. The van der Waals surface area contributed by atoms with Crippen LogP contribution in [0.5, 0.6) is 5.75 Å². The first-order valence-corrected chi connectivity index (χ1v) is 7.74. The van der Waals surface area contributed by atoms with E-state index in [0.29, 0.717) is 12.2 Å². The van der Waals surface area contributed by atoms with Gasteiger partial charge in [-0.15, -0.1) is 0 Å². The highest BCUT2D eigenvalue weighted by Gasteiger charge is 2.10. The van der Waals surface area contributed by atoms with E-state index in [1.165, 1.54) is 0 Å². The molecule has 6 heteroatoms. The van der Waals surface area contributed by atoms with Crippen molar-refractivity contribution in [2.75, 3.05) is 6.61 Å². The largest absolute Gasteiger partial charge is 0.482 e. The number of carbonyl (C=O) groups excluding carboxylic acids is 1. The Morgan fingerprint density at radius 2 is 2.00 bits per heavy atom. The lowest BCUT2D eigenvalue weighted by molar-refractivity contribution is -0.139. The molecule has 116 valence electrons. The van der Waals surface area contributed by atoms with Gasteiger partial charge in [0.05, 0.1) is 12.5 Å². The molecular weight excluding hydrogens is 302 g/mol. The molecule has 1 aromatic carbocycles. The SMILES string of the molecule is C[C@H](NC(=O)Cc1ccsc1)c1ccc(OCC(=O)O)cc1. The molecule has 0 aliphatic rings. The molecule has 2 aromatic rings. The Balaban J connectivity index is 1.87. The molecule has 0 saturated heterocycles. The Hall–Kier alpha value is -2.34. The highest BCUT2D eigenvalue weighted by Crippen LogP contribution is 2.18. The van der Waals surface area contributed by atoms with Crippen LogP contribution in [0.25, 0.3) is 0 Å². The number of hydrogen-bond acceptors (Lipinski definition) is 4. The summed E-state index contributed by atoms with van der Waals surface area (Å²) in [5.41, 5.74) is 1.94. The van der Waals surface area contributed by atoms with Crippen LogP contribution in [0.15, 0.2) is 41.1 Å². The van der Waals surface area contributed by atoms with Gasteiger partial charge in [0.2, 0.25) is 5.91 Å². The van der Waals surface area contributed by atoms with E-state index in [1.807, 2.05) is 35.9 Å². The van der Waals surface area contributed by atoms with Crippen LogP contribution in [0.3, 0.4) is 0 Å². The van der Waals surface area contributed by atoms with Gasteiger partial charge in [-0.2, -0.15) is 11.3 Å². The zero-order chi connectivity index (χ0) is 15.9. The minimum atomic E-state index is -1.02. The molecule has 1 atom stereocenters. The second-order valence-corrected chi connectivity index (χ2v) is 5.63. The first-order chi connectivity index (χ1) is 10.5. The Labute approximate surface area is 132 Å². The van der Waals surface area contributed by atoms with Crippen molar-refractivity contribution in [1.29, 1.82) is 0 Å². The fraction of sp³-hybridized carbons (Fsp3) is 0.250. The molecule has 0 unspecified atom stereocenters. The number of ether oxygens (including phenoxy) is 1. The third-order valence-corrected chi connectivity index (χ3v) is 3.80. The summed E-state index contributed by atoms with van der Waals surface area (Å²) in [5, 5.41) is 15.4. The lowest BCUT2D eigenvalue weighted by Crippen LogP contribution is -2.27. The number of carbonyl (C=O) groups is 2. The smallest absolute Gasteiger partial charge is 0.341 e. The summed E-state index contributed by atoms with van der Waals surface area (Å²) in [6.07, 6.45) is 0.369. The summed E-state index contributed by atoms with van der Waals surface area (Å²) in [7, 11) is 0. The van der Waals surface area contributed by atoms with Gasteiger partial charge < -0.3 is 15.2 Å². The number of rotatable bonds is 7. The number of hydrogen-bond donors (Lipinski definition) is 2. The maximum Gasteiger partial charge on any atom is 0.341 e. The molecule has 0 aliphatic carbocycles. The van der Waals surface area contributed by atoms with Crippen LogP contribution in [-0.2, 0) is 16.0 Å². The third kappa shape index (κ3) is 4.89. The number of nitrogens with one attached hydrogen (secondary N) is 1. The average molecular weight is 319 g/mol. The molecule has 0 spiro atoms. The van der Waals surface area contributed by atoms with Crippen molar-refractivity contribution in [2.45, 2.75) is 19.4 Å². The number of amides is 1. The van der Waals surface area contributed by atoms with Gasteiger partial charge in [-0.1, -0.05) is 12.1 Å². The Morgan fingerprint density at radius 3 is 2.59 bits per heavy atom. The maximum absolute atomic E-state index is 11.9. The van der Waals surface area contributed by atoms with Gasteiger partial charge in [0.25, 0.3) is 0 Å². The Bertz CT molecular complexity index is 622. The summed E-state index contributed by atoms with van der Waals surface area (Å²) < 4.78 is 5.07. The second kappa shape index (κ2) is 7.61. The molecule has 0 radical (unpaired) electrons. The highest BCUT2D eigenvalue weighted by atomic mass is 32.1. The lowest BCUT2D eigenvalue weighted by atomic mass is 10.1. The van der Waals surface area contributed by atoms with Crippen LogP contribution in [-0.4, -0.2) is 23.6 Å². The minimum absolute atomic E-state index is 0.0305. The quantitative estimate of drug-likeness (QED) is 0.822. The zero-order valence-electron chi connectivity index (χ0n) is 12.1. The summed E-state index contributed by atoms with van der Waals surface area (Å²) >= 11 is 1.57. The Morgan fingerprint density at radius 1 is 1.27 bits per heavy atom. The van der Waals surface area contributed by atoms with Crippen molar-refractivity contribution in [3.63, 3.8) is 0 Å². The van der Waals surface area contributed by atoms with E-state index in [1.54, 1.807) is 23.5 Å². The van der Waals surface area contributed by atoms with Gasteiger partial charge >= 0.3 is 5.97 Å². The van der Waals surface area contributed by atoms with E-state index in [9.17, 15) is 9.59 Å². The predicted octanol–water partition coefficient (Wildman–Crippen LogP) is 2.63. The van der Waals surface area contributed by atoms with Crippen LogP contribution >= 0.6 is 11.3 Å². The van der Waals surface area contributed by atoms with Gasteiger partial charge in [-0.05, 0) is 47.0 Å². The third-order valence-electron chi connectivity index (χ3n) is 3.06. The topological polar surface area (TPSA) is 75.6 Å². The van der Waals surface area contributed by atoms with E-state index in [2.05, 4.69) is 5.32 Å². The van der Waals surface area contributed by atoms with E-state index >= 15 is 0 Å². The Kier molecular flexibility index (Phi) is 5.55. The molecule has 0 aliphatic heterocycles. The monoisotopic (exact) mass is 319 g/mol. The lowest BCUT2D eigenvalue weighted by Gasteiger charge is -2.14. The molecule has 0 fully saturated rings. The van der Waals surface area contributed by atoms with Gasteiger partial charge in [0, 0.05) is 0 Å². The van der Waals surface area contributed by atoms with Gasteiger partial charge in [-0.3, -0.25) is 4.79 Å². The number of benzene rings is 1. The summed E-state index contributed by atoms with van der Waals surface area (Å²) in [4.78, 5) is 22.4. The summed E-state index contributed by atoms with van der Waals surface area (Å²) in [6.45, 7) is 1.53. The van der Waals surface area contributed by atoms with Crippen molar-refractivity contribution in [3.05, 3.63) is 52.2 Å². The molecule has 22 heavy (non-hydrogen) atoms. The average Bonchev–Trinajstić information content (AvgIpc) is 2.98. The fourth-order valence-electron chi connectivity index (χ4n) is 1.95. The molecule has 5 nitrogen and oxygen atoms in total. The molecular formula is C16H17NO4S. The molecule has 1 heterocycles. The van der Waals surface area contributed by atoms with Crippen molar-refractivity contribution < 1.29 is 19.4 Å². The van der Waals surface area contributed by atoms with Crippen LogP contribution in [0.4, 0.5) is 0 Å². The maximum atomic E-state index is 11.9. The zero-order valence-corrected chi connectivity index (χ0v) is 12.9. The first-order valence-electron chi connectivity index (χ1n) is 6.79. The predicted molar refractivity (Wildman–Crippen MR) is 84.2 cm³/mol. The molecule has 0 saturated carbocycles. The van der Waals surface area contributed by atoms with Crippen molar-refractivity contribution in [3.8, 4) is 5.75 Å². The van der Waals surface area contributed by atoms with Gasteiger partial charge in [0.1, 0.15) is 5.75 Å². The molecule has 0 bridgehead atoms. The fourth-order valence-corrected chi connectivity index (χ4v) is 2.62. The van der Waals surface area contributed by atoms with Crippen LogP contribution in [0.1, 0.15) is 24.1 Å². The van der Waals surface area contributed by atoms with Crippen LogP contribution < -0.4 is 10.1 Å². The van der Waals surface area contributed by atoms with Gasteiger partial charge in [0.15, 0.2) is 6.61 Å². The van der Waals surface area contributed by atoms with Crippen LogP contribution in [0.2, 0.25) is 0 Å². The first kappa shape index (κ1) is 16.0. The van der Waals surface area contributed by atoms with Crippen molar-refractivity contribution >= 4 is 23.2 Å². The second-order valence-electron chi connectivity index (χ2n) is 4.85. The summed E-state index contributed by atoms with van der Waals surface area (Å²) in [6, 6.07) is 8.82. The number of carboxylic acid groups (broad SMARTS) is 1. The minimum Gasteiger partial charge on any atom is -0.482 e. The van der Waals surface area contributed by atoms with Crippen LogP contribution in [0, 0.1) is 0 Å². The van der Waals surface area contributed by atoms with E-state index in [-0.39, 0.29) is 18.6 Å².